The van der Waals surface area contributed by atoms with E-state index in [0.29, 0.717) is 6.61 Å². The molecule has 2 aromatic rings. The molecule has 2 rings (SSSR count). The second kappa shape index (κ2) is 6.03. The van der Waals surface area contributed by atoms with Crippen LogP contribution in [-0.2, 0) is 0 Å². The molecule has 0 aliphatic rings. The lowest BCUT2D eigenvalue weighted by Crippen LogP contribution is -2.17. The lowest BCUT2D eigenvalue weighted by molar-refractivity contribution is 0.339. The molecule has 1 N–H and O–H groups in total. The van der Waals surface area contributed by atoms with Gasteiger partial charge < -0.3 is 10.1 Å². The number of thiophene rings is 1. The van der Waals surface area contributed by atoms with Crippen molar-refractivity contribution < 1.29 is 4.74 Å². The van der Waals surface area contributed by atoms with Crippen molar-refractivity contribution >= 4 is 11.3 Å². The number of nitrogens with one attached hydrogen (secondary N) is 1. The van der Waals surface area contributed by atoms with Crippen LogP contribution in [0.5, 0.6) is 5.75 Å². The molecule has 1 atom stereocenters. The fourth-order valence-electron chi connectivity index (χ4n) is 2.15. The van der Waals surface area contributed by atoms with E-state index in [-0.39, 0.29) is 6.04 Å². The molecule has 0 saturated heterocycles. The summed E-state index contributed by atoms with van der Waals surface area (Å²) in [5, 5.41) is 5.52. The minimum atomic E-state index is 0.233. The molecule has 1 heterocycles. The van der Waals surface area contributed by atoms with Gasteiger partial charge in [0.05, 0.1) is 12.6 Å². The van der Waals surface area contributed by atoms with Crippen LogP contribution >= 0.6 is 11.3 Å². The average Bonchev–Trinajstić information content (AvgIpc) is 2.78. The topological polar surface area (TPSA) is 21.3 Å². The normalized spacial score (nSPS) is 12.4. The molecule has 96 valence electrons. The van der Waals surface area contributed by atoms with Gasteiger partial charge in [-0.25, -0.2) is 0 Å². The van der Waals surface area contributed by atoms with Gasteiger partial charge in [-0.15, -0.1) is 11.3 Å². The molecule has 18 heavy (non-hydrogen) atoms. The van der Waals surface area contributed by atoms with Crippen LogP contribution in [0.15, 0.2) is 35.7 Å². The Morgan fingerprint density at radius 2 is 2.17 bits per heavy atom. The van der Waals surface area contributed by atoms with E-state index in [2.05, 4.69) is 35.8 Å². The van der Waals surface area contributed by atoms with E-state index in [0.717, 1.165) is 5.75 Å². The lowest BCUT2D eigenvalue weighted by Gasteiger charge is -2.17. The highest BCUT2D eigenvalue weighted by molar-refractivity contribution is 7.10. The minimum absolute atomic E-state index is 0.233. The molecule has 2 nitrogen and oxygen atoms in total. The number of benzene rings is 1. The van der Waals surface area contributed by atoms with Crippen molar-refractivity contribution in [3.05, 3.63) is 51.7 Å². The molecule has 3 heteroatoms. The first-order valence-electron chi connectivity index (χ1n) is 6.20. The third kappa shape index (κ3) is 2.74. The Labute approximate surface area is 113 Å². The van der Waals surface area contributed by atoms with E-state index in [1.54, 1.807) is 11.3 Å². The summed E-state index contributed by atoms with van der Waals surface area (Å²) in [6.45, 7) is 4.87. The highest BCUT2D eigenvalue weighted by atomic mass is 32.1. The highest BCUT2D eigenvalue weighted by Gasteiger charge is 2.15. The Balaban J connectivity index is 2.33. The third-order valence-electron chi connectivity index (χ3n) is 3.00. The van der Waals surface area contributed by atoms with E-state index in [1.165, 1.54) is 16.0 Å². The third-order valence-corrected chi connectivity index (χ3v) is 3.86. The second-order valence-corrected chi connectivity index (χ2v) is 5.28. The molecule has 0 fully saturated rings. The molecule has 0 aliphatic carbocycles. The van der Waals surface area contributed by atoms with Crippen LogP contribution in [0.25, 0.3) is 0 Å². The standard InChI is InChI=1S/C15H19NOS/c1-4-17-13-7-5-6-12(10-13)15(16-3)14-8-9-18-11(14)2/h5-10,15-16H,4H2,1-3H3. The quantitative estimate of drug-likeness (QED) is 0.884. The van der Waals surface area contributed by atoms with Gasteiger partial charge in [-0.05, 0) is 55.6 Å². The van der Waals surface area contributed by atoms with Gasteiger partial charge in [0.25, 0.3) is 0 Å². The van der Waals surface area contributed by atoms with Gasteiger partial charge in [-0.3, -0.25) is 0 Å². The summed E-state index contributed by atoms with van der Waals surface area (Å²) in [5.41, 5.74) is 2.58. The van der Waals surface area contributed by atoms with Crippen molar-refractivity contribution in [2.24, 2.45) is 0 Å². The minimum Gasteiger partial charge on any atom is -0.494 e. The number of ether oxygens (including phenoxy) is 1. The Morgan fingerprint density at radius 3 is 2.78 bits per heavy atom. The van der Waals surface area contributed by atoms with Gasteiger partial charge in [-0.1, -0.05) is 12.1 Å². The molecule has 0 amide bonds. The van der Waals surface area contributed by atoms with Crippen molar-refractivity contribution in [2.75, 3.05) is 13.7 Å². The van der Waals surface area contributed by atoms with Gasteiger partial charge in [0, 0.05) is 4.88 Å². The first kappa shape index (κ1) is 13.1. The first-order chi connectivity index (χ1) is 8.76. The smallest absolute Gasteiger partial charge is 0.119 e. The Morgan fingerprint density at radius 1 is 1.33 bits per heavy atom. The van der Waals surface area contributed by atoms with Crippen LogP contribution in [0.2, 0.25) is 0 Å². The molecule has 1 aromatic heterocycles. The maximum atomic E-state index is 5.56. The second-order valence-electron chi connectivity index (χ2n) is 4.16. The molecular formula is C15H19NOS. The van der Waals surface area contributed by atoms with Crippen LogP contribution in [0.4, 0.5) is 0 Å². The maximum Gasteiger partial charge on any atom is 0.119 e. The number of aryl methyl sites for hydroxylation is 1. The fourth-order valence-corrected chi connectivity index (χ4v) is 2.89. The van der Waals surface area contributed by atoms with Crippen LogP contribution in [0.1, 0.15) is 29.0 Å². The van der Waals surface area contributed by atoms with Gasteiger partial charge in [-0.2, -0.15) is 0 Å². The highest BCUT2D eigenvalue weighted by Crippen LogP contribution is 2.29. The van der Waals surface area contributed by atoms with Crippen LogP contribution in [0, 0.1) is 6.92 Å². The summed E-state index contributed by atoms with van der Waals surface area (Å²) in [7, 11) is 2.00. The first-order valence-corrected chi connectivity index (χ1v) is 7.08. The number of hydrogen-bond acceptors (Lipinski definition) is 3. The van der Waals surface area contributed by atoms with E-state index < -0.39 is 0 Å². The SMILES string of the molecule is CCOc1cccc(C(NC)c2ccsc2C)c1. The largest absolute Gasteiger partial charge is 0.494 e. The van der Waals surface area contributed by atoms with Gasteiger partial charge in [0.1, 0.15) is 5.75 Å². The Kier molecular flexibility index (Phi) is 4.39. The molecule has 0 radical (unpaired) electrons. The van der Waals surface area contributed by atoms with Crippen molar-refractivity contribution in [3.8, 4) is 5.75 Å². The van der Waals surface area contributed by atoms with Gasteiger partial charge in [0.2, 0.25) is 0 Å². The van der Waals surface area contributed by atoms with Crippen molar-refractivity contribution in [1.29, 1.82) is 0 Å². The fraction of sp³-hybridized carbons (Fsp3) is 0.333. The zero-order valence-corrected chi connectivity index (χ0v) is 11.9. The zero-order valence-electron chi connectivity index (χ0n) is 11.1. The van der Waals surface area contributed by atoms with Gasteiger partial charge in [0.15, 0.2) is 0 Å². The summed E-state index contributed by atoms with van der Waals surface area (Å²) in [6.07, 6.45) is 0. The molecule has 0 aliphatic heterocycles. The lowest BCUT2D eigenvalue weighted by atomic mass is 9.99. The van der Waals surface area contributed by atoms with Crippen LogP contribution < -0.4 is 10.1 Å². The number of rotatable bonds is 5. The summed E-state index contributed by atoms with van der Waals surface area (Å²) >= 11 is 1.79. The predicted molar refractivity (Wildman–Crippen MR) is 77.6 cm³/mol. The summed E-state index contributed by atoms with van der Waals surface area (Å²) < 4.78 is 5.56. The molecule has 0 bridgehead atoms. The summed E-state index contributed by atoms with van der Waals surface area (Å²) in [4.78, 5) is 1.36. The van der Waals surface area contributed by atoms with Crippen molar-refractivity contribution in [3.63, 3.8) is 0 Å². The number of hydrogen-bond donors (Lipinski definition) is 1. The van der Waals surface area contributed by atoms with Gasteiger partial charge >= 0.3 is 0 Å². The Bertz CT molecular complexity index is 507. The summed E-state index contributed by atoms with van der Waals surface area (Å²) in [6, 6.07) is 10.7. The van der Waals surface area contributed by atoms with E-state index in [4.69, 9.17) is 4.74 Å². The maximum absolute atomic E-state index is 5.56. The monoisotopic (exact) mass is 261 g/mol. The molecular weight excluding hydrogens is 242 g/mol. The van der Waals surface area contributed by atoms with E-state index >= 15 is 0 Å². The molecule has 0 saturated carbocycles. The van der Waals surface area contributed by atoms with Crippen LogP contribution in [-0.4, -0.2) is 13.7 Å². The van der Waals surface area contributed by atoms with E-state index in [1.807, 2.05) is 26.1 Å². The zero-order chi connectivity index (χ0) is 13.0. The Hall–Kier alpha value is -1.32. The van der Waals surface area contributed by atoms with Crippen molar-refractivity contribution in [2.45, 2.75) is 19.9 Å². The van der Waals surface area contributed by atoms with Crippen LogP contribution in [0.3, 0.4) is 0 Å². The molecule has 1 unspecified atom stereocenters. The van der Waals surface area contributed by atoms with E-state index in [9.17, 15) is 0 Å². The summed E-state index contributed by atoms with van der Waals surface area (Å²) in [5.74, 6) is 0.933. The van der Waals surface area contributed by atoms with Crippen molar-refractivity contribution in [1.82, 2.24) is 5.32 Å². The molecule has 0 spiro atoms. The average molecular weight is 261 g/mol. The molecule has 1 aromatic carbocycles. The predicted octanol–water partition coefficient (Wildman–Crippen LogP) is 3.76.